The fourth-order valence-electron chi connectivity index (χ4n) is 2.35. The Balaban J connectivity index is 2.28. The number of unbranched alkanes of at least 4 members (excludes halogenated alkanes) is 1. The molecule has 2 amide bonds. The Morgan fingerprint density at radius 3 is 2.76 bits per heavy atom. The zero-order valence-corrected chi connectivity index (χ0v) is 13.2. The van der Waals surface area contributed by atoms with Crippen LogP contribution in [0, 0.1) is 0 Å². The standard InChI is InChI=1S/C15H28N2O4/c1-3-6-13-15(19)17(9-7-14(18)16-13)8-4-5-10-21-12-11-20-2/h13H,3-12H2,1-2H3,(H,16,18). The van der Waals surface area contributed by atoms with Crippen LogP contribution in [-0.4, -0.2) is 62.8 Å². The Bertz CT molecular complexity index is 323. The molecule has 6 nitrogen and oxygen atoms in total. The van der Waals surface area contributed by atoms with Gasteiger partial charge in [0.05, 0.1) is 13.2 Å². The molecule has 6 heteroatoms. The maximum Gasteiger partial charge on any atom is 0.245 e. The highest BCUT2D eigenvalue weighted by Crippen LogP contribution is 2.09. The average molecular weight is 300 g/mol. The smallest absolute Gasteiger partial charge is 0.245 e. The second-order valence-corrected chi connectivity index (χ2v) is 5.30. The molecule has 0 spiro atoms. The van der Waals surface area contributed by atoms with Crippen molar-refractivity contribution in [2.24, 2.45) is 0 Å². The molecule has 1 fully saturated rings. The number of hydrogen-bond acceptors (Lipinski definition) is 4. The van der Waals surface area contributed by atoms with Gasteiger partial charge in [-0.3, -0.25) is 9.59 Å². The van der Waals surface area contributed by atoms with Crippen molar-refractivity contribution in [3.8, 4) is 0 Å². The van der Waals surface area contributed by atoms with Crippen LogP contribution < -0.4 is 5.32 Å². The normalized spacial score (nSPS) is 19.5. The summed E-state index contributed by atoms with van der Waals surface area (Å²) in [5.41, 5.74) is 0. The number of hydrogen-bond donors (Lipinski definition) is 1. The summed E-state index contributed by atoms with van der Waals surface area (Å²) < 4.78 is 10.3. The molecule has 1 atom stereocenters. The summed E-state index contributed by atoms with van der Waals surface area (Å²) in [6.45, 7) is 5.14. The van der Waals surface area contributed by atoms with E-state index in [1.165, 1.54) is 0 Å². The molecule has 1 heterocycles. The Morgan fingerprint density at radius 2 is 2.05 bits per heavy atom. The molecular formula is C15H28N2O4. The summed E-state index contributed by atoms with van der Waals surface area (Å²) in [6, 6.07) is -0.344. The van der Waals surface area contributed by atoms with Crippen molar-refractivity contribution in [2.45, 2.75) is 45.1 Å². The third-order valence-corrected chi connectivity index (χ3v) is 3.53. The van der Waals surface area contributed by atoms with Crippen LogP contribution >= 0.6 is 0 Å². The minimum atomic E-state index is -0.344. The van der Waals surface area contributed by atoms with E-state index >= 15 is 0 Å². The maximum atomic E-state index is 12.3. The minimum absolute atomic E-state index is 0.0211. The topological polar surface area (TPSA) is 67.9 Å². The number of carbonyl (C=O) groups is 2. The van der Waals surface area contributed by atoms with Crippen LogP contribution in [0.4, 0.5) is 0 Å². The van der Waals surface area contributed by atoms with Crippen molar-refractivity contribution in [1.29, 1.82) is 0 Å². The van der Waals surface area contributed by atoms with Gasteiger partial charge in [-0.05, 0) is 19.3 Å². The molecule has 1 aliphatic heterocycles. The summed E-state index contributed by atoms with van der Waals surface area (Å²) in [6.07, 6.45) is 3.80. The van der Waals surface area contributed by atoms with E-state index in [1.807, 2.05) is 11.8 Å². The SMILES string of the molecule is CCCC1NC(=O)CCN(CCCCOCCOC)C1=O. The van der Waals surface area contributed by atoms with E-state index in [9.17, 15) is 9.59 Å². The minimum Gasteiger partial charge on any atom is -0.382 e. The summed E-state index contributed by atoms with van der Waals surface area (Å²) in [7, 11) is 1.65. The van der Waals surface area contributed by atoms with Gasteiger partial charge in [-0.2, -0.15) is 0 Å². The van der Waals surface area contributed by atoms with E-state index in [0.717, 1.165) is 19.3 Å². The second-order valence-electron chi connectivity index (χ2n) is 5.30. The van der Waals surface area contributed by atoms with Crippen LogP contribution in [0.2, 0.25) is 0 Å². The van der Waals surface area contributed by atoms with E-state index < -0.39 is 0 Å². The Labute approximate surface area is 127 Å². The number of nitrogens with zero attached hydrogens (tertiary/aromatic N) is 1. The lowest BCUT2D eigenvalue weighted by Gasteiger charge is -2.23. The largest absolute Gasteiger partial charge is 0.382 e. The van der Waals surface area contributed by atoms with Crippen molar-refractivity contribution in [3.63, 3.8) is 0 Å². The van der Waals surface area contributed by atoms with Crippen LogP contribution in [0.3, 0.4) is 0 Å². The average Bonchev–Trinajstić information content (AvgIpc) is 2.60. The molecule has 21 heavy (non-hydrogen) atoms. The summed E-state index contributed by atoms with van der Waals surface area (Å²) in [4.78, 5) is 25.8. The first kappa shape index (κ1) is 17.9. The fourth-order valence-corrected chi connectivity index (χ4v) is 2.35. The molecule has 0 aromatic heterocycles. The molecule has 1 aliphatic rings. The predicted octanol–water partition coefficient (Wildman–Crippen LogP) is 0.947. The highest BCUT2D eigenvalue weighted by molar-refractivity contribution is 5.89. The second kappa shape index (κ2) is 10.6. The van der Waals surface area contributed by atoms with Crippen molar-refractivity contribution in [1.82, 2.24) is 10.2 Å². The number of ether oxygens (including phenoxy) is 2. The van der Waals surface area contributed by atoms with Gasteiger partial charge >= 0.3 is 0 Å². The molecule has 0 aliphatic carbocycles. The van der Waals surface area contributed by atoms with Gasteiger partial charge in [0.15, 0.2) is 0 Å². The van der Waals surface area contributed by atoms with Gasteiger partial charge in [0.2, 0.25) is 11.8 Å². The van der Waals surface area contributed by atoms with Crippen molar-refractivity contribution < 1.29 is 19.1 Å². The number of carbonyl (C=O) groups excluding carboxylic acids is 2. The summed E-state index contributed by atoms with van der Waals surface area (Å²) in [5.74, 6) is 0.0372. The van der Waals surface area contributed by atoms with Gasteiger partial charge in [0.25, 0.3) is 0 Å². The van der Waals surface area contributed by atoms with Crippen LogP contribution in [-0.2, 0) is 19.1 Å². The first-order valence-electron chi connectivity index (χ1n) is 7.83. The Morgan fingerprint density at radius 1 is 1.24 bits per heavy atom. The van der Waals surface area contributed by atoms with Gasteiger partial charge in [-0.25, -0.2) is 0 Å². The number of methoxy groups -OCH3 is 1. The number of rotatable bonds is 10. The van der Waals surface area contributed by atoms with Crippen LogP contribution in [0.5, 0.6) is 0 Å². The van der Waals surface area contributed by atoms with Crippen LogP contribution in [0.1, 0.15) is 39.0 Å². The Hall–Kier alpha value is -1.14. The molecule has 0 radical (unpaired) electrons. The highest BCUT2D eigenvalue weighted by atomic mass is 16.5. The molecule has 1 saturated heterocycles. The van der Waals surface area contributed by atoms with Crippen LogP contribution in [0.25, 0.3) is 0 Å². The molecule has 122 valence electrons. The van der Waals surface area contributed by atoms with Gasteiger partial charge in [0.1, 0.15) is 6.04 Å². The molecule has 1 N–H and O–H groups in total. The number of nitrogens with one attached hydrogen (secondary N) is 1. The monoisotopic (exact) mass is 300 g/mol. The van der Waals surface area contributed by atoms with Crippen LogP contribution in [0.15, 0.2) is 0 Å². The quantitative estimate of drug-likeness (QED) is 0.610. The molecule has 1 unspecified atom stereocenters. The van der Waals surface area contributed by atoms with Gasteiger partial charge in [-0.1, -0.05) is 13.3 Å². The third-order valence-electron chi connectivity index (χ3n) is 3.53. The van der Waals surface area contributed by atoms with E-state index in [2.05, 4.69) is 5.32 Å². The lowest BCUT2D eigenvalue weighted by atomic mass is 10.1. The lowest BCUT2D eigenvalue weighted by molar-refractivity contribution is -0.133. The first-order valence-corrected chi connectivity index (χ1v) is 7.83. The summed E-state index contributed by atoms with van der Waals surface area (Å²) in [5, 5.41) is 2.82. The van der Waals surface area contributed by atoms with Gasteiger partial charge in [-0.15, -0.1) is 0 Å². The van der Waals surface area contributed by atoms with Gasteiger partial charge in [0, 0.05) is 33.2 Å². The van der Waals surface area contributed by atoms with E-state index in [-0.39, 0.29) is 17.9 Å². The molecule has 0 bridgehead atoms. The Kier molecular flexibility index (Phi) is 9.01. The van der Waals surface area contributed by atoms with Crippen molar-refractivity contribution >= 4 is 11.8 Å². The fraction of sp³-hybridized carbons (Fsp3) is 0.867. The zero-order chi connectivity index (χ0) is 15.5. The highest BCUT2D eigenvalue weighted by Gasteiger charge is 2.28. The van der Waals surface area contributed by atoms with Gasteiger partial charge < -0.3 is 19.7 Å². The van der Waals surface area contributed by atoms with E-state index in [1.54, 1.807) is 7.11 Å². The molecule has 1 rings (SSSR count). The lowest BCUT2D eigenvalue weighted by Crippen LogP contribution is -2.44. The predicted molar refractivity (Wildman–Crippen MR) is 80.0 cm³/mol. The van der Waals surface area contributed by atoms with E-state index in [4.69, 9.17) is 9.47 Å². The molecule has 0 aromatic rings. The first-order chi connectivity index (χ1) is 10.2. The number of amides is 2. The summed E-state index contributed by atoms with van der Waals surface area (Å²) >= 11 is 0. The maximum absolute atomic E-state index is 12.3. The molecular weight excluding hydrogens is 272 g/mol. The molecule has 0 saturated carbocycles. The molecule has 0 aromatic carbocycles. The van der Waals surface area contributed by atoms with Crippen molar-refractivity contribution in [2.75, 3.05) is 40.0 Å². The van der Waals surface area contributed by atoms with E-state index in [0.29, 0.717) is 45.8 Å². The zero-order valence-electron chi connectivity index (χ0n) is 13.2. The van der Waals surface area contributed by atoms with Crippen molar-refractivity contribution in [3.05, 3.63) is 0 Å². The third kappa shape index (κ3) is 6.91.